The average molecular weight is 304 g/mol. The van der Waals surface area contributed by atoms with Crippen molar-refractivity contribution in [3.63, 3.8) is 0 Å². The molecule has 0 spiro atoms. The van der Waals surface area contributed by atoms with E-state index < -0.39 is 0 Å². The molecule has 1 aromatic carbocycles. The largest absolute Gasteiger partial charge is 0.299 e. The van der Waals surface area contributed by atoms with Gasteiger partial charge in [-0.2, -0.15) is 0 Å². The Bertz CT molecular complexity index is 351. The van der Waals surface area contributed by atoms with Crippen LogP contribution in [-0.4, -0.2) is 11.7 Å². The molecule has 1 nitrogen and oxygen atoms in total. The number of ketones is 1. The summed E-state index contributed by atoms with van der Waals surface area (Å²) in [4.78, 5) is 11.4. The first-order chi connectivity index (χ1) is 7.43. The highest BCUT2D eigenvalue weighted by Gasteiger charge is 2.15. The smallest absolute Gasteiger partial charge is 0.138 e. The summed E-state index contributed by atoms with van der Waals surface area (Å²) in [5, 5.41) is 0. The van der Waals surface area contributed by atoms with Crippen LogP contribution >= 0.6 is 27.5 Å². The fourth-order valence-electron chi connectivity index (χ4n) is 1.44. The van der Waals surface area contributed by atoms with Crippen molar-refractivity contribution < 1.29 is 4.79 Å². The molecule has 0 saturated carbocycles. The van der Waals surface area contributed by atoms with Crippen molar-refractivity contribution in [2.75, 3.05) is 5.88 Å². The van der Waals surface area contributed by atoms with Gasteiger partial charge in [0.25, 0.3) is 0 Å². The van der Waals surface area contributed by atoms with E-state index in [0.717, 1.165) is 5.56 Å². The van der Waals surface area contributed by atoms with E-state index in [2.05, 4.69) is 41.9 Å². The number of carbonyl (C=O) groups excluding carboxylic acids is 1. The predicted octanol–water partition coefficient (Wildman–Crippen LogP) is 4.06. The maximum atomic E-state index is 11.4. The van der Waals surface area contributed by atoms with Gasteiger partial charge in [-0.15, -0.1) is 11.6 Å². The molecule has 0 unspecified atom stereocenters. The number of alkyl halides is 2. The molecular formula is C13H16BrClO. The number of benzene rings is 1. The van der Waals surface area contributed by atoms with Crippen molar-refractivity contribution in [1.29, 1.82) is 0 Å². The van der Waals surface area contributed by atoms with E-state index in [1.54, 1.807) is 0 Å². The van der Waals surface area contributed by atoms with E-state index in [1.165, 1.54) is 5.56 Å². The van der Waals surface area contributed by atoms with Gasteiger partial charge in [0, 0.05) is 23.0 Å². The predicted molar refractivity (Wildman–Crippen MR) is 72.4 cm³/mol. The Morgan fingerprint density at radius 1 is 1.31 bits per heavy atom. The standard InChI is InChI=1S/C13H16BrClO/c1-13(2,14)11-5-3-10(4-6-11)9-12(16)7-8-15/h3-6H,7-9H2,1-2H3. The molecule has 0 aliphatic rings. The maximum Gasteiger partial charge on any atom is 0.138 e. The van der Waals surface area contributed by atoms with Crippen LogP contribution in [0.3, 0.4) is 0 Å². The molecule has 0 aliphatic carbocycles. The normalized spacial score (nSPS) is 11.5. The number of halogens is 2. The van der Waals surface area contributed by atoms with Gasteiger partial charge in [0.1, 0.15) is 5.78 Å². The van der Waals surface area contributed by atoms with E-state index >= 15 is 0 Å². The second-order valence-corrected chi connectivity index (χ2v) is 6.68. The first-order valence-electron chi connectivity index (χ1n) is 5.29. The van der Waals surface area contributed by atoms with Gasteiger partial charge in [-0.1, -0.05) is 40.2 Å². The summed E-state index contributed by atoms with van der Waals surface area (Å²) >= 11 is 9.12. The molecule has 0 N–H and O–H groups in total. The van der Waals surface area contributed by atoms with Gasteiger partial charge in [0.15, 0.2) is 0 Å². The van der Waals surface area contributed by atoms with Gasteiger partial charge in [0.05, 0.1) is 0 Å². The van der Waals surface area contributed by atoms with Crippen molar-refractivity contribution in [3.05, 3.63) is 35.4 Å². The molecule has 0 heterocycles. The Balaban J connectivity index is 2.69. The molecule has 1 rings (SSSR count). The minimum absolute atomic E-state index is 0.0221. The Morgan fingerprint density at radius 3 is 2.31 bits per heavy atom. The fourth-order valence-corrected chi connectivity index (χ4v) is 1.92. The Hall–Kier alpha value is -0.340. The van der Waals surface area contributed by atoms with E-state index in [0.29, 0.717) is 18.7 Å². The second-order valence-electron chi connectivity index (χ2n) is 4.32. The number of carbonyl (C=O) groups is 1. The van der Waals surface area contributed by atoms with Gasteiger partial charge in [-0.05, 0) is 25.0 Å². The lowest BCUT2D eigenvalue weighted by atomic mass is 9.99. The summed E-state index contributed by atoms with van der Waals surface area (Å²) in [5.74, 6) is 0.603. The summed E-state index contributed by atoms with van der Waals surface area (Å²) in [6.45, 7) is 4.20. The fraction of sp³-hybridized carbons (Fsp3) is 0.462. The SMILES string of the molecule is CC(C)(Br)c1ccc(CC(=O)CCCl)cc1. The lowest BCUT2D eigenvalue weighted by molar-refractivity contribution is -0.118. The minimum atomic E-state index is -0.0221. The van der Waals surface area contributed by atoms with Gasteiger partial charge in [0.2, 0.25) is 0 Å². The number of rotatable bonds is 5. The van der Waals surface area contributed by atoms with Crippen LogP contribution in [0.5, 0.6) is 0 Å². The van der Waals surface area contributed by atoms with E-state index in [1.807, 2.05) is 12.1 Å². The summed E-state index contributed by atoms with van der Waals surface area (Å²) in [5.41, 5.74) is 2.26. The lowest BCUT2D eigenvalue weighted by Crippen LogP contribution is -2.07. The Morgan fingerprint density at radius 2 is 1.88 bits per heavy atom. The molecule has 0 fully saturated rings. The highest BCUT2D eigenvalue weighted by molar-refractivity contribution is 9.09. The third-order valence-electron chi connectivity index (χ3n) is 2.42. The monoisotopic (exact) mass is 302 g/mol. The highest BCUT2D eigenvalue weighted by atomic mass is 79.9. The van der Waals surface area contributed by atoms with Crippen LogP contribution in [-0.2, 0) is 15.5 Å². The van der Waals surface area contributed by atoms with Crippen LogP contribution in [0.25, 0.3) is 0 Å². The molecular weight excluding hydrogens is 287 g/mol. The Labute approximate surface area is 110 Å². The van der Waals surface area contributed by atoms with Crippen LogP contribution < -0.4 is 0 Å². The summed E-state index contributed by atoms with van der Waals surface area (Å²) < 4.78 is -0.0221. The first kappa shape index (κ1) is 13.7. The Kier molecular flexibility index (Phi) is 5.00. The number of Topliss-reactive ketones (excluding diaryl/α,β-unsaturated/α-hetero) is 1. The van der Waals surface area contributed by atoms with Crippen LogP contribution in [0.1, 0.15) is 31.4 Å². The van der Waals surface area contributed by atoms with Crippen molar-refractivity contribution in [2.24, 2.45) is 0 Å². The van der Waals surface area contributed by atoms with E-state index in [4.69, 9.17) is 11.6 Å². The molecule has 88 valence electrons. The zero-order valence-corrected chi connectivity index (χ0v) is 11.9. The van der Waals surface area contributed by atoms with Gasteiger partial charge >= 0.3 is 0 Å². The van der Waals surface area contributed by atoms with Crippen molar-refractivity contribution >= 4 is 33.3 Å². The molecule has 0 amide bonds. The molecule has 0 aliphatic heterocycles. The van der Waals surface area contributed by atoms with Crippen LogP contribution in [0, 0.1) is 0 Å². The van der Waals surface area contributed by atoms with E-state index in [-0.39, 0.29) is 10.1 Å². The van der Waals surface area contributed by atoms with Crippen molar-refractivity contribution in [3.8, 4) is 0 Å². The first-order valence-corrected chi connectivity index (χ1v) is 6.62. The molecule has 0 radical (unpaired) electrons. The zero-order valence-electron chi connectivity index (χ0n) is 9.59. The maximum absolute atomic E-state index is 11.4. The average Bonchev–Trinajstić information content (AvgIpc) is 2.17. The molecule has 3 heteroatoms. The molecule has 0 saturated heterocycles. The van der Waals surface area contributed by atoms with Gasteiger partial charge < -0.3 is 0 Å². The summed E-state index contributed by atoms with van der Waals surface area (Å²) in [7, 11) is 0. The topological polar surface area (TPSA) is 17.1 Å². The molecule has 0 bridgehead atoms. The van der Waals surface area contributed by atoms with E-state index in [9.17, 15) is 4.79 Å². The minimum Gasteiger partial charge on any atom is -0.299 e. The lowest BCUT2D eigenvalue weighted by Gasteiger charge is -2.16. The third kappa shape index (κ3) is 4.26. The van der Waals surface area contributed by atoms with Crippen molar-refractivity contribution in [1.82, 2.24) is 0 Å². The quantitative estimate of drug-likeness (QED) is 0.750. The molecule has 0 aromatic heterocycles. The number of hydrogen-bond acceptors (Lipinski definition) is 1. The van der Waals surface area contributed by atoms with Crippen LogP contribution in [0.15, 0.2) is 24.3 Å². The molecule has 1 aromatic rings. The van der Waals surface area contributed by atoms with Crippen LogP contribution in [0.2, 0.25) is 0 Å². The summed E-state index contributed by atoms with van der Waals surface area (Å²) in [6.07, 6.45) is 0.933. The van der Waals surface area contributed by atoms with Gasteiger partial charge in [-0.3, -0.25) is 4.79 Å². The van der Waals surface area contributed by atoms with Crippen LogP contribution in [0.4, 0.5) is 0 Å². The third-order valence-corrected chi connectivity index (χ3v) is 3.06. The summed E-state index contributed by atoms with van der Waals surface area (Å²) in [6, 6.07) is 8.12. The van der Waals surface area contributed by atoms with Crippen molar-refractivity contribution in [2.45, 2.75) is 31.0 Å². The molecule has 16 heavy (non-hydrogen) atoms. The zero-order chi connectivity index (χ0) is 12.2. The highest BCUT2D eigenvalue weighted by Crippen LogP contribution is 2.29. The molecule has 0 atom stereocenters. The second kappa shape index (κ2) is 5.83. The number of hydrogen-bond donors (Lipinski definition) is 0. The van der Waals surface area contributed by atoms with Gasteiger partial charge in [-0.25, -0.2) is 0 Å².